The molecule has 0 spiro atoms. The molecule has 1 N–H and O–H groups in total. The monoisotopic (exact) mass is 234 g/mol. The van der Waals surface area contributed by atoms with Crippen LogP contribution in [0.2, 0.25) is 0 Å². The van der Waals surface area contributed by atoms with E-state index in [2.05, 4.69) is 12.6 Å². The molecule has 2 aromatic carbocycles. The van der Waals surface area contributed by atoms with Gasteiger partial charge >= 0.3 is 5.97 Å². The van der Waals surface area contributed by atoms with E-state index < -0.39 is 5.97 Å². The van der Waals surface area contributed by atoms with Gasteiger partial charge in [0.1, 0.15) is 11.3 Å². The van der Waals surface area contributed by atoms with Gasteiger partial charge in [-0.3, -0.25) is 0 Å². The van der Waals surface area contributed by atoms with Crippen LogP contribution in [-0.2, 0) is 0 Å². The molecule has 0 unspecified atom stereocenters. The number of fused-ring (bicyclic) bond motifs is 1. The normalized spacial score (nSPS) is 10.4. The molecule has 0 aliphatic carbocycles. The van der Waals surface area contributed by atoms with Crippen molar-refractivity contribution in [2.75, 3.05) is 7.11 Å². The minimum atomic E-state index is -1.03. The number of carboxylic acid groups (broad SMARTS) is 1. The number of ether oxygens (including phenoxy) is 1. The minimum absolute atomic E-state index is 0.101. The molecule has 2 rings (SSSR count). The summed E-state index contributed by atoms with van der Waals surface area (Å²) in [5, 5.41) is 10.8. The van der Waals surface area contributed by atoms with Gasteiger partial charge in [0, 0.05) is 10.3 Å². The molecule has 16 heavy (non-hydrogen) atoms. The highest BCUT2D eigenvalue weighted by Gasteiger charge is 2.17. The molecule has 0 aliphatic heterocycles. The summed E-state index contributed by atoms with van der Waals surface area (Å²) in [7, 11) is 1.46. The average Bonchev–Trinajstić information content (AvgIpc) is 2.26. The van der Waals surface area contributed by atoms with Crippen molar-refractivity contribution in [3.63, 3.8) is 0 Å². The summed E-state index contributed by atoms with van der Waals surface area (Å²) in [5.41, 5.74) is 0.101. The maximum Gasteiger partial charge on any atom is 0.340 e. The van der Waals surface area contributed by atoms with Crippen molar-refractivity contribution in [3.8, 4) is 5.75 Å². The molecule has 0 bridgehead atoms. The zero-order valence-corrected chi connectivity index (χ0v) is 9.49. The Morgan fingerprint density at radius 2 is 2.06 bits per heavy atom. The zero-order chi connectivity index (χ0) is 11.7. The fraction of sp³-hybridized carbons (Fsp3) is 0.0833. The van der Waals surface area contributed by atoms with Gasteiger partial charge in [0.2, 0.25) is 0 Å². The molecule has 0 fully saturated rings. The van der Waals surface area contributed by atoms with Crippen LogP contribution in [0.15, 0.2) is 35.2 Å². The number of carboxylic acids is 1. The zero-order valence-electron chi connectivity index (χ0n) is 8.60. The first kappa shape index (κ1) is 10.8. The van der Waals surface area contributed by atoms with E-state index in [1.54, 1.807) is 6.07 Å². The lowest BCUT2D eigenvalue weighted by Crippen LogP contribution is -2.02. The van der Waals surface area contributed by atoms with Crippen LogP contribution in [0, 0.1) is 0 Å². The molecule has 3 nitrogen and oxygen atoms in total. The van der Waals surface area contributed by atoms with Gasteiger partial charge in [-0.2, -0.15) is 0 Å². The summed E-state index contributed by atoms with van der Waals surface area (Å²) in [6.45, 7) is 0. The third-order valence-electron chi connectivity index (χ3n) is 2.40. The predicted molar refractivity (Wildman–Crippen MR) is 64.7 cm³/mol. The van der Waals surface area contributed by atoms with Crippen LogP contribution < -0.4 is 4.74 Å². The minimum Gasteiger partial charge on any atom is -0.495 e. The van der Waals surface area contributed by atoms with E-state index in [9.17, 15) is 4.79 Å². The molecule has 4 heteroatoms. The van der Waals surface area contributed by atoms with Gasteiger partial charge in [-0.05, 0) is 11.5 Å². The Morgan fingerprint density at radius 1 is 1.38 bits per heavy atom. The van der Waals surface area contributed by atoms with Gasteiger partial charge < -0.3 is 9.84 Å². The Balaban J connectivity index is 2.90. The highest BCUT2D eigenvalue weighted by atomic mass is 32.1. The molecule has 0 heterocycles. The first-order valence-corrected chi connectivity index (χ1v) is 5.12. The van der Waals surface area contributed by atoms with Crippen LogP contribution in [0.25, 0.3) is 10.8 Å². The van der Waals surface area contributed by atoms with Crippen molar-refractivity contribution in [2.45, 2.75) is 4.90 Å². The molecule has 82 valence electrons. The molecule has 0 atom stereocenters. The number of methoxy groups -OCH3 is 1. The van der Waals surface area contributed by atoms with E-state index in [1.165, 1.54) is 7.11 Å². The summed E-state index contributed by atoms with van der Waals surface area (Å²) in [6.07, 6.45) is 0. The quantitative estimate of drug-likeness (QED) is 0.785. The second-order valence-corrected chi connectivity index (χ2v) is 3.81. The highest BCUT2D eigenvalue weighted by molar-refractivity contribution is 7.80. The second kappa shape index (κ2) is 4.06. The molecule has 0 radical (unpaired) electrons. The highest BCUT2D eigenvalue weighted by Crippen LogP contribution is 2.34. The van der Waals surface area contributed by atoms with Crippen molar-refractivity contribution in [3.05, 3.63) is 35.9 Å². The molecule has 0 aliphatic rings. The van der Waals surface area contributed by atoms with E-state index in [-0.39, 0.29) is 5.56 Å². The van der Waals surface area contributed by atoms with Crippen molar-refractivity contribution < 1.29 is 14.6 Å². The summed E-state index contributed by atoms with van der Waals surface area (Å²) in [6, 6.07) is 9.17. The van der Waals surface area contributed by atoms with Gasteiger partial charge in [0.05, 0.1) is 7.11 Å². The Labute approximate surface area is 98.1 Å². The van der Waals surface area contributed by atoms with Gasteiger partial charge in [0.25, 0.3) is 0 Å². The van der Waals surface area contributed by atoms with Crippen LogP contribution in [0.4, 0.5) is 0 Å². The number of hydrogen-bond acceptors (Lipinski definition) is 3. The largest absolute Gasteiger partial charge is 0.495 e. The van der Waals surface area contributed by atoms with Crippen LogP contribution in [0.5, 0.6) is 5.75 Å². The summed E-state index contributed by atoms with van der Waals surface area (Å²) in [5.74, 6) is -0.678. The maximum atomic E-state index is 11.1. The lowest BCUT2D eigenvalue weighted by Gasteiger charge is -2.11. The summed E-state index contributed by atoms with van der Waals surface area (Å²) in [4.78, 5) is 11.5. The summed E-state index contributed by atoms with van der Waals surface area (Å²) >= 11 is 4.18. The fourth-order valence-electron chi connectivity index (χ4n) is 1.72. The number of benzene rings is 2. The first-order chi connectivity index (χ1) is 7.65. The smallest absolute Gasteiger partial charge is 0.340 e. The second-order valence-electron chi connectivity index (χ2n) is 3.33. The third-order valence-corrected chi connectivity index (χ3v) is 2.75. The van der Waals surface area contributed by atoms with Gasteiger partial charge in [-0.1, -0.05) is 24.3 Å². The van der Waals surface area contributed by atoms with E-state index in [0.717, 1.165) is 10.8 Å². The molecule has 0 amide bonds. The average molecular weight is 234 g/mol. The first-order valence-electron chi connectivity index (χ1n) is 4.67. The molecular formula is C12H10O3S. The lowest BCUT2D eigenvalue weighted by molar-refractivity contribution is 0.0690. The van der Waals surface area contributed by atoms with Gasteiger partial charge in [-0.25, -0.2) is 4.79 Å². The third kappa shape index (κ3) is 1.61. The standard InChI is InChI=1S/C12H10O3S/c1-15-11-8-5-3-2-4-7(8)6-9(16)10(11)12(13)14/h2-6,16H,1H3,(H,13,14). The van der Waals surface area contributed by atoms with Crippen molar-refractivity contribution in [2.24, 2.45) is 0 Å². The Kier molecular flexibility index (Phi) is 2.75. The fourth-order valence-corrected chi connectivity index (χ4v) is 2.06. The number of aromatic carboxylic acids is 1. The molecule has 0 saturated carbocycles. The SMILES string of the molecule is COc1c(C(=O)O)c(S)cc2ccccc12. The van der Waals surface area contributed by atoms with Gasteiger partial charge in [-0.15, -0.1) is 12.6 Å². The molecule has 0 aromatic heterocycles. The molecule has 2 aromatic rings. The summed E-state index contributed by atoms with van der Waals surface area (Å²) < 4.78 is 5.17. The van der Waals surface area contributed by atoms with Crippen LogP contribution in [-0.4, -0.2) is 18.2 Å². The molecule has 0 saturated heterocycles. The number of rotatable bonds is 2. The van der Waals surface area contributed by atoms with Crippen LogP contribution in [0.1, 0.15) is 10.4 Å². The van der Waals surface area contributed by atoms with Crippen molar-refractivity contribution in [1.29, 1.82) is 0 Å². The Morgan fingerprint density at radius 3 is 2.69 bits per heavy atom. The molecular weight excluding hydrogens is 224 g/mol. The number of hydrogen-bond donors (Lipinski definition) is 2. The lowest BCUT2D eigenvalue weighted by atomic mass is 10.1. The van der Waals surface area contributed by atoms with Crippen LogP contribution in [0.3, 0.4) is 0 Å². The topological polar surface area (TPSA) is 46.5 Å². The number of carbonyl (C=O) groups is 1. The predicted octanol–water partition coefficient (Wildman–Crippen LogP) is 2.84. The van der Waals surface area contributed by atoms with Gasteiger partial charge in [0.15, 0.2) is 0 Å². The maximum absolute atomic E-state index is 11.1. The van der Waals surface area contributed by atoms with E-state index in [4.69, 9.17) is 9.84 Å². The van der Waals surface area contributed by atoms with Crippen molar-refractivity contribution >= 4 is 29.4 Å². The Bertz CT molecular complexity index is 563. The van der Waals surface area contributed by atoms with Crippen LogP contribution >= 0.6 is 12.6 Å². The van der Waals surface area contributed by atoms with Crippen molar-refractivity contribution in [1.82, 2.24) is 0 Å². The number of thiol groups is 1. The Hall–Kier alpha value is -1.68. The van der Waals surface area contributed by atoms with E-state index >= 15 is 0 Å². The van der Waals surface area contributed by atoms with E-state index in [0.29, 0.717) is 10.6 Å². The van der Waals surface area contributed by atoms with E-state index in [1.807, 2.05) is 24.3 Å².